The molecule has 2 aliphatic rings. The zero-order valence-electron chi connectivity index (χ0n) is 20.0. The molecule has 0 radical (unpaired) electrons. The highest BCUT2D eigenvalue weighted by molar-refractivity contribution is 6.30. The lowest BCUT2D eigenvalue weighted by molar-refractivity contribution is 0.0214. The molecule has 1 amide bonds. The zero-order valence-corrected chi connectivity index (χ0v) is 20.8. The molecule has 8 nitrogen and oxygen atoms in total. The van der Waals surface area contributed by atoms with Crippen LogP contribution in [0.25, 0.3) is 5.69 Å². The standard InChI is InChI=1S/C25H30ClN5O3/c1-15-14-33-23(27-15)17-7-5-16(6-8-17)22-29-28-21-13-30(24(32)34-25(2,3)4)12-18-11-19(26)9-10-20(18)31(21)22/h9-11,14,16-17H,5-8,12-13H2,1-4H3. The van der Waals surface area contributed by atoms with Gasteiger partial charge in [0.2, 0.25) is 0 Å². The van der Waals surface area contributed by atoms with Crippen LogP contribution in [0, 0.1) is 6.92 Å². The van der Waals surface area contributed by atoms with E-state index in [2.05, 4.69) is 19.7 Å². The number of hydrogen-bond donors (Lipinski definition) is 0. The van der Waals surface area contributed by atoms with Gasteiger partial charge in [-0.3, -0.25) is 9.47 Å². The molecule has 9 heteroatoms. The van der Waals surface area contributed by atoms with Gasteiger partial charge in [0.1, 0.15) is 17.7 Å². The predicted molar refractivity (Wildman–Crippen MR) is 127 cm³/mol. The third kappa shape index (κ3) is 4.56. The van der Waals surface area contributed by atoms with Crippen molar-refractivity contribution in [3.63, 3.8) is 0 Å². The highest BCUT2D eigenvalue weighted by atomic mass is 35.5. The van der Waals surface area contributed by atoms with Crippen LogP contribution in [-0.2, 0) is 17.8 Å². The van der Waals surface area contributed by atoms with Gasteiger partial charge in [-0.2, -0.15) is 0 Å². The first-order valence-electron chi connectivity index (χ1n) is 11.8. The van der Waals surface area contributed by atoms with Gasteiger partial charge in [-0.25, -0.2) is 9.78 Å². The minimum atomic E-state index is -0.584. The van der Waals surface area contributed by atoms with Gasteiger partial charge in [0.05, 0.1) is 24.5 Å². The summed E-state index contributed by atoms with van der Waals surface area (Å²) in [6.45, 7) is 8.26. The van der Waals surface area contributed by atoms with Gasteiger partial charge in [0.25, 0.3) is 0 Å². The van der Waals surface area contributed by atoms with Gasteiger partial charge in [-0.1, -0.05) is 11.6 Å². The van der Waals surface area contributed by atoms with Crippen LogP contribution in [0.15, 0.2) is 28.9 Å². The molecular formula is C25H30ClN5O3. The molecule has 0 unspecified atom stereocenters. The molecular weight excluding hydrogens is 454 g/mol. The number of carbonyl (C=O) groups is 1. The van der Waals surface area contributed by atoms with Gasteiger partial charge in [-0.15, -0.1) is 10.2 Å². The predicted octanol–water partition coefficient (Wildman–Crippen LogP) is 5.91. The Balaban J connectivity index is 1.44. The van der Waals surface area contributed by atoms with E-state index in [9.17, 15) is 4.79 Å². The molecule has 3 heterocycles. The molecule has 0 spiro atoms. The first-order chi connectivity index (χ1) is 16.2. The quantitative estimate of drug-likeness (QED) is 0.450. The number of aromatic nitrogens is 4. The lowest BCUT2D eigenvalue weighted by Crippen LogP contribution is -2.35. The Morgan fingerprint density at radius 2 is 1.85 bits per heavy atom. The molecule has 1 saturated carbocycles. The maximum absolute atomic E-state index is 13.0. The van der Waals surface area contributed by atoms with Gasteiger partial charge in [-0.05, 0) is 77.1 Å². The highest BCUT2D eigenvalue weighted by Gasteiger charge is 2.34. The molecule has 0 bridgehead atoms. The van der Waals surface area contributed by atoms with Gasteiger partial charge >= 0.3 is 6.09 Å². The van der Waals surface area contributed by atoms with Crippen LogP contribution in [-0.4, -0.2) is 36.3 Å². The Morgan fingerprint density at radius 1 is 1.12 bits per heavy atom. The molecule has 0 atom stereocenters. The number of benzene rings is 1. The molecule has 180 valence electrons. The molecule has 5 rings (SSSR count). The number of halogens is 1. The molecule has 3 aromatic rings. The van der Waals surface area contributed by atoms with Crippen LogP contribution in [0.2, 0.25) is 5.02 Å². The van der Waals surface area contributed by atoms with Crippen LogP contribution in [0.5, 0.6) is 0 Å². The smallest absolute Gasteiger partial charge is 0.411 e. The van der Waals surface area contributed by atoms with Crippen molar-refractivity contribution in [2.24, 2.45) is 0 Å². The molecule has 0 N–H and O–H groups in total. The summed E-state index contributed by atoms with van der Waals surface area (Å²) in [4.78, 5) is 19.1. The summed E-state index contributed by atoms with van der Waals surface area (Å²) >= 11 is 6.34. The lowest BCUT2D eigenvalue weighted by atomic mass is 9.81. The zero-order chi connectivity index (χ0) is 24.0. The van der Waals surface area contributed by atoms with Crippen LogP contribution in [0.1, 0.15) is 87.1 Å². The van der Waals surface area contributed by atoms with E-state index in [4.69, 9.17) is 20.8 Å². The number of aryl methyl sites for hydroxylation is 1. The third-order valence-corrected chi connectivity index (χ3v) is 6.70. The minimum absolute atomic E-state index is 0.269. The van der Waals surface area contributed by atoms with Crippen LogP contribution in [0.4, 0.5) is 4.79 Å². The Labute approximate surface area is 204 Å². The van der Waals surface area contributed by atoms with Crippen molar-refractivity contribution >= 4 is 17.7 Å². The summed E-state index contributed by atoms with van der Waals surface area (Å²) < 4.78 is 13.4. The van der Waals surface area contributed by atoms with E-state index in [0.29, 0.717) is 24.0 Å². The van der Waals surface area contributed by atoms with E-state index >= 15 is 0 Å². The lowest BCUT2D eigenvalue weighted by Gasteiger charge is -2.26. The number of nitrogens with zero attached hydrogens (tertiary/aromatic N) is 5. The summed E-state index contributed by atoms with van der Waals surface area (Å²) in [7, 11) is 0. The van der Waals surface area contributed by atoms with E-state index in [1.165, 1.54) is 0 Å². The molecule has 1 aromatic carbocycles. The van der Waals surface area contributed by atoms with Crippen molar-refractivity contribution in [3.8, 4) is 5.69 Å². The number of carbonyl (C=O) groups excluding carboxylic acids is 1. The Hall–Kier alpha value is -2.87. The fourth-order valence-electron chi connectivity index (χ4n) is 4.90. The van der Waals surface area contributed by atoms with Crippen molar-refractivity contribution in [2.45, 2.75) is 83.9 Å². The maximum atomic E-state index is 13.0. The minimum Gasteiger partial charge on any atom is -0.448 e. The first-order valence-corrected chi connectivity index (χ1v) is 12.2. The first kappa shape index (κ1) is 22.9. The second-order valence-corrected chi connectivity index (χ2v) is 10.7. The van der Waals surface area contributed by atoms with Crippen LogP contribution in [0.3, 0.4) is 0 Å². The number of oxazole rings is 1. The summed E-state index contributed by atoms with van der Waals surface area (Å²) in [5.41, 5.74) is 2.25. The maximum Gasteiger partial charge on any atom is 0.411 e. The van der Waals surface area contributed by atoms with E-state index < -0.39 is 5.60 Å². The summed E-state index contributed by atoms with van der Waals surface area (Å²) in [5.74, 6) is 3.11. The van der Waals surface area contributed by atoms with Gasteiger partial charge < -0.3 is 9.15 Å². The number of fused-ring (bicyclic) bond motifs is 3. The molecule has 2 aromatic heterocycles. The second-order valence-electron chi connectivity index (χ2n) is 10.3. The fourth-order valence-corrected chi connectivity index (χ4v) is 5.10. The molecule has 1 aliphatic heterocycles. The van der Waals surface area contributed by atoms with Crippen molar-refractivity contribution < 1.29 is 13.9 Å². The Kier molecular flexibility index (Phi) is 5.88. The molecule has 34 heavy (non-hydrogen) atoms. The van der Waals surface area contributed by atoms with E-state index in [-0.39, 0.29) is 12.0 Å². The van der Waals surface area contributed by atoms with Gasteiger partial charge in [0, 0.05) is 16.9 Å². The number of rotatable bonds is 2. The largest absolute Gasteiger partial charge is 0.448 e. The topological polar surface area (TPSA) is 86.3 Å². The Morgan fingerprint density at radius 3 is 2.53 bits per heavy atom. The van der Waals surface area contributed by atoms with Crippen LogP contribution < -0.4 is 0 Å². The fraction of sp³-hybridized carbons (Fsp3) is 0.520. The summed E-state index contributed by atoms with van der Waals surface area (Å²) in [5, 5.41) is 9.77. The highest BCUT2D eigenvalue weighted by Crippen LogP contribution is 2.41. The molecule has 1 fully saturated rings. The number of amides is 1. The number of ether oxygens (including phenoxy) is 1. The second kappa shape index (κ2) is 8.73. The average molecular weight is 484 g/mol. The summed E-state index contributed by atoms with van der Waals surface area (Å²) in [6.07, 6.45) is 5.27. The average Bonchev–Trinajstić information content (AvgIpc) is 3.35. The van der Waals surface area contributed by atoms with Crippen molar-refractivity contribution in [2.75, 3.05) is 0 Å². The van der Waals surface area contributed by atoms with Crippen LogP contribution >= 0.6 is 11.6 Å². The normalized spacial score (nSPS) is 20.4. The SMILES string of the molecule is Cc1coc(C2CCC(c3nnc4n3-c3ccc(Cl)cc3CN(C(=O)OC(C)(C)C)C4)CC2)n1. The van der Waals surface area contributed by atoms with E-state index in [0.717, 1.165) is 60.2 Å². The Bertz CT molecular complexity index is 1200. The van der Waals surface area contributed by atoms with E-state index in [1.54, 1.807) is 11.2 Å². The third-order valence-electron chi connectivity index (χ3n) is 6.46. The van der Waals surface area contributed by atoms with Gasteiger partial charge in [0.15, 0.2) is 11.7 Å². The summed E-state index contributed by atoms with van der Waals surface area (Å²) in [6, 6.07) is 5.78. The molecule has 0 saturated heterocycles. The van der Waals surface area contributed by atoms with Crippen molar-refractivity contribution in [3.05, 3.63) is 58.3 Å². The van der Waals surface area contributed by atoms with Crippen molar-refractivity contribution in [1.82, 2.24) is 24.6 Å². The van der Waals surface area contributed by atoms with Crippen molar-refractivity contribution in [1.29, 1.82) is 0 Å². The molecule has 1 aliphatic carbocycles. The van der Waals surface area contributed by atoms with E-state index in [1.807, 2.05) is 45.9 Å². The monoisotopic (exact) mass is 483 g/mol. The number of hydrogen-bond acceptors (Lipinski definition) is 6.